The van der Waals surface area contributed by atoms with Gasteiger partial charge in [-0.1, -0.05) is 13.8 Å². The highest BCUT2D eigenvalue weighted by atomic mass is 16.7. The van der Waals surface area contributed by atoms with Crippen LogP contribution in [-0.2, 0) is 18.9 Å². The van der Waals surface area contributed by atoms with Crippen molar-refractivity contribution in [2.24, 2.45) is 0 Å². The van der Waals surface area contributed by atoms with Crippen LogP contribution in [0.1, 0.15) is 20.3 Å². The van der Waals surface area contributed by atoms with Crippen LogP contribution in [0, 0.1) is 6.29 Å². The summed E-state index contributed by atoms with van der Waals surface area (Å²) in [5.41, 5.74) is 0. The van der Waals surface area contributed by atoms with Gasteiger partial charge in [-0.05, 0) is 0 Å². The molecular weight excluding hydrogens is 210 g/mol. The summed E-state index contributed by atoms with van der Waals surface area (Å²) in [5.74, 6) is -0.829. The molecule has 0 aliphatic carbocycles. The van der Waals surface area contributed by atoms with E-state index < -0.39 is 5.91 Å². The summed E-state index contributed by atoms with van der Waals surface area (Å²) in [6.07, 6.45) is 0.893. The van der Waals surface area contributed by atoms with E-state index in [-0.39, 0.29) is 0 Å². The van der Waals surface area contributed by atoms with Crippen LogP contribution in [-0.4, -0.2) is 52.3 Å². The molecule has 0 bridgehead atoms. The van der Waals surface area contributed by atoms with Crippen molar-refractivity contribution in [3.8, 4) is 0 Å². The predicted octanol–water partition coefficient (Wildman–Crippen LogP) is 1.45. The summed E-state index contributed by atoms with van der Waals surface area (Å²) in [4.78, 5) is 2.06. The second kappa shape index (κ2) is 7.97. The Hall–Kier alpha value is -0.200. The van der Waals surface area contributed by atoms with Gasteiger partial charge in [0.15, 0.2) is 0 Å². The van der Waals surface area contributed by atoms with Crippen molar-refractivity contribution in [1.82, 2.24) is 4.90 Å². The molecule has 0 spiro atoms. The number of hydrogen-bond acceptors (Lipinski definition) is 5. The van der Waals surface area contributed by atoms with Gasteiger partial charge in [-0.3, -0.25) is 4.90 Å². The topological polar surface area (TPSA) is 40.2 Å². The Morgan fingerprint density at radius 1 is 0.938 bits per heavy atom. The lowest BCUT2D eigenvalue weighted by Crippen LogP contribution is -2.52. The Morgan fingerprint density at radius 3 is 1.62 bits per heavy atom. The number of ether oxygens (including phenoxy) is 4. The fourth-order valence-electron chi connectivity index (χ4n) is 1.71. The SMILES string of the molecule is CCN(CC)C(C[C](OC)OC)(OC)OC. The number of methoxy groups -OCH3 is 4. The molecule has 1 radical (unpaired) electrons. The van der Waals surface area contributed by atoms with Gasteiger partial charge in [0.05, 0.1) is 6.42 Å². The first-order chi connectivity index (χ1) is 7.63. The summed E-state index contributed by atoms with van der Waals surface area (Å²) in [6.45, 7) is 5.74. The molecule has 0 amide bonds. The van der Waals surface area contributed by atoms with Crippen LogP contribution in [0.25, 0.3) is 0 Å². The maximum absolute atomic E-state index is 5.49. The third-order valence-electron chi connectivity index (χ3n) is 2.71. The zero-order valence-electron chi connectivity index (χ0n) is 11.2. The highest BCUT2D eigenvalue weighted by Crippen LogP contribution is 2.27. The Kier molecular flexibility index (Phi) is 7.87. The van der Waals surface area contributed by atoms with Crippen LogP contribution in [0.2, 0.25) is 0 Å². The van der Waals surface area contributed by atoms with Crippen LogP contribution in [0.4, 0.5) is 0 Å². The largest absolute Gasteiger partial charge is 0.349 e. The molecule has 5 nitrogen and oxygen atoms in total. The first-order valence-corrected chi connectivity index (χ1v) is 5.43. The average molecular weight is 234 g/mol. The summed E-state index contributed by atoms with van der Waals surface area (Å²) < 4.78 is 21.2. The molecule has 0 aliphatic rings. The van der Waals surface area contributed by atoms with Crippen LogP contribution < -0.4 is 0 Å². The first-order valence-electron chi connectivity index (χ1n) is 5.43. The summed E-state index contributed by atoms with van der Waals surface area (Å²) in [7, 11) is 6.36. The molecule has 0 fully saturated rings. The standard InChI is InChI=1S/C11H24NO4/c1-7-12(8-2)11(15-5,16-6)9-10(13-3)14-4/h7-9H2,1-6H3. The highest BCUT2D eigenvalue weighted by Gasteiger charge is 2.39. The summed E-state index contributed by atoms with van der Waals surface area (Å²) in [5, 5.41) is 0. The monoisotopic (exact) mass is 234 g/mol. The molecule has 0 N–H and O–H groups in total. The Balaban J connectivity index is 4.77. The van der Waals surface area contributed by atoms with Crippen molar-refractivity contribution in [2.75, 3.05) is 41.5 Å². The highest BCUT2D eigenvalue weighted by molar-refractivity contribution is 4.79. The van der Waals surface area contributed by atoms with Gasteiger partial charge in [0.25, 0.3) is 0 Å². The van der Waals surface area contributed by atoms with Crippen molar-refractivity contribution >= 4 is 0 Å². The van der Waals surface area contributed by atoms with Crippen molar-refractivity contribution in [1.29, 1.82) is 0 Å². The van der Waals surface area contributed by atoms with Gasteiger partial charge in [-0.2, -0.15) is 0 Å². The predicted molar refractivity (Wildman–Crippen MR) is 61.5 cm³/mol. The maximum Gasteiger partial charge on any atom is 0.234 e. The van der Waals surface area contributed by atoms with Gasteiger partial charge in [-0.25, -0.2) is 0 Å². The van der Waals surface area contributed by atoms with E-state index in [0.29, 0.717) is 12.7 Å². The minimum atomic E-state index is -0.829. The average Bonchev–Trinajstić information content (AvgIpc) is 2.35. The molecule has 0 rings (SSSR count). The number of hydrogen-bond donors (Lipinski definition) is 0. The third-order valence-corrected chi connectivity index (χ3v) is 2.71. The zero-order valence-corrected chi connectivity index (χ0v) is 11.2. The smallest absolute Gasteiger partial charge is 0.234 e. The van der Waals surface area contributed by atoms with Crippen LogP contribution in [0.3, 0.4) is 0 Å². The van der Waals surface area contributed by atoms with Crippen molar-refractivity contribution in [3.63, 3.8) is 0 Å². The molecule has 0 aromatic rings. The zero-order chi connectivity index (χ0) is 12.6. The Morgan fingerprint density at radius 2 is 1.38 bits per heavy atom. The lowest BCUT2D eigenvalue weighted by atomic mass is 10.2. The number of nitrogens with zero attached hydrogens (tertiary/aromatic N) is 1. The fraction of sp³-hybridized carbons (Fsp3) is 0.909. The van der Waals surface area contributed by atoms with E-state index in [9.17, 15) is 0 Å². The van der Waals surface area contributed by atoms with E-state index in [1.54, 1.807) is 28.4 Å². The molecule has 0 atom stereocenters. The molecule has 0 saturated heterocycles. The molecule has 0 aromatic heterocycles. The van der Waals surface area contributed by atoms with Crippen LogP contribution >= 0.6 is 0 Å². The first kappa shape index (κ1) is 15.8. The van der Waals surface area contributed by atoms with Gasteiger partial charge >= 0.3 is 0 Å². The van der Waals surface area contributed by atoms with Gasteiger partial charge in [0.1, 0.15) is 0 Å². The Labute approximate surface area is 98.6 Å². The van der Waals surface area contributed by atoms with Crippen LogP contribution in [0.5, 0.6) is 0 Å². The van der Waals surface area contributed by atoms with E-state index in [1.165, 1.54) is 0 Å². The fourth-order valence-corrected chi connectivity index (χ4v) is 1.71. The molecule has 0 aliphatic heterocycles. The molecule has 0 saturated carbocycles. The van der Waals surface area contributed by atoms with E-state index in [2.05, 4.69) is 18.7 Å². The molecule has 97 valence electrons. The summed E-state index contributed by atoms with van der Waals surface area (Å²) >= 11 is 0. The molecule has 5 heteroatoms. The van der Waals surface area contributed by atoms with E-state index >= 15 is 0 Å². The van der Waals surface area contributed by atoms with Gasteiger partial charge in [0.2, 0.25) is 12.2 Å². The third kappa shape index (κ3) is 3.68. The molecular formula is C11H24NO4. The van der Waals surface area contributed by atoms with E-state index in [0.717, 1.165) is 13.1 Å². The number of rotatable bonds is 9. The van der Waals surface area contributed by atoms with Gasteiger partial charge < -0.3 is 18.9 Å². The van der Waals surface area contributed by atoms with Crippen molar-refractivity contribution in [2.45, 2.75) is 26.2 Å². The second-order valence-electron chi connectivity index (χ2n) is 3.25. The maximum atomic E-state index is 5.49. The normalized spacial score (nSPS) is 12.8. The van der Waals surface area contributed by atoms with E-state index in [1.807, 2.05) is 0 Å². The molecule has 0 unspecified atom stereocenters. The van der Waals surface area contributed by atoms with Crippen molar-refractivity contribution < 1.29 is 18.9 Å². The van der Waals surface area contributed by atoms with E-state index in [4.69, 9.17) is 18.9 Å². The van der Waals surface area contributed by atoms with Gasteiger partial charge in [0, 0.05) is 41.5 Å². The second-order valence-corrected chi connectivity index (χ2v) is 3.25. The molecule has 16 heavy (non-hydrogen) atoms. The molecule has 0 heterocycles. The van der Waals surface area contributed by atoms with Gasteiger partial charge in [-0.15, -0.1) is 0 Å². The Bertz CT molecular complexity index is 165. The lowest BCUT2D eigenvalue weighted by molar-refractivity contribution is -0.306. The minimum absolute atomic E-state index is 0.411. The summed E-state index contributed by atoms with van der Waals surface area (Å²) in [6, 6.07) is 0. The molecule has 0 aromatic carbocycles. The lowest BCUT2D eigenvalue weighted by Gasteiger charge is -2.41. The van der Waals surface area contributed by atoms with Crippen molar-refractivity contribution in [3.05, 3.63) is 6.29 Å². The quantitative estimate of drug-likeness (QED) is 0.565. The van der Waals surface area contributed by atoms with Crippen LogP contribution in [0.15, 0.2) is 0 Å². The minimum Gasteiger partial charge on any atom is -0.349 e.